The molecule has 0 saturated carbocycles. The van der Waals surface area contributed by atoms with Gasteiger partial charge in [0.1, 0.15) is 17.5 Å². The zero-order chi connectivity index (χ0) is 20.4. The average Bonchev–Trinajstić information content (AvgIpc) is 3.34. The standard InChI is InChI=1S/C23H24N4O2/c1-2-29-23(28)21-20(25)19(14-24)22(26-11-5-6-12-26)27(21)15-16-9-10-17-7-3-4-8-18(17)13-16/h3-4,7-10,13H,2,5-6,11-12,15,25H2,1H3. The number of ether oxygens (including phenoxy) is 1. The topological polar surface area (TPSA) is 84.3 Å². The third-order valence-electron chi connectivity index (χ3n) is 5.41. The van der Waals surface area contributed by atoms with Crippen molar-refractivity contribution >= 4 is 28.2 Å². The molecule has 2 aromatic carbocycles. The van der Waals surface area contributed by atoms with E-state index >= 15 is 0 Å². The zero-order valence-corrected chi connectivity index (χ0v) is 16.5. The molecule has 0 aliphatic carbocycles. The van der Waals surface area contributed by atoms with Crippen molar-refractivity contribution < 1.29 is 9.53 Å². The van der Waals surface area contributed by atoms with Crippen molar-refractivity contribution in [2.24, 2.45) is 0 Å². The van der Waals surface area contributed by atoms with E-state index in [1.54, 1.807) is 6.92 Å². The minimum Gasteiger partial charge on any atom is -0.461 e. The number of fused-ring (bicyclic) bond motifs is 1. The fourth-order valence-electron chi connectivity index (χ4n) is 4.09. The summed E-state index contributed by atoms with van der Waals surface area (Å²) in [5.74, 6) is 0.228. The maximum Gasteiger partial charge on any atom is 0.357 e. The molecule has 1 aromatic heterocycles. The SMILES string of the molecule is CCOC(=O)c1c(N)c(C#N)c(N2CCCC2)n1Cc1ccc2ccccc2c1. The Bertz CT molecular complexity index is 1100. The number of hydrogen-bond donors (Lipinski definition) is 1. The number of nitriles is 1. The summed E-state index contributed by atoms with van der Waals surface area (Å²) in [4.78, 5) is 14.9. The quantitative estimate of drug-likeness (QED) is 0.670. The van der Waals surface area contributed by atoms with Crippen molar-refractivity contribution in [3.05, 3.63) is 59.3 Å². The van der Waals surface area contributed by atoms with Crippen LogP contribution in [0.3, 0.4) is 0 Å². The summed E-state index contributed by atoms with van der Waals surface area (Å²) in [6.07, 6.45) is 2.11. The van der Waals surface area contributed by atoms with Gasteiger partial charge in [0, 0.05) is 19.6 Å². The van der Waals surface area contributed by atoms with Crippen LogP contribution in [-0.2, 0) is 11.3 Å². The van der Waals surface area contributed by atoms with Crippen molar-refractivity contribution in [1.82, 2.24) is 4.57 Å². The van der Waals surface area contributed by atoms with Gasteiger partial charge in [-0.2, -0.15) is 5.26 Å². The molecule has 0 spiro atoms. The van der Waals surface area contributed by atoms with Gasteiger partial charge in [-0.05, 0) is 42.2 Å². The highest BCUT2D eigenvalue weighted by atomic mass is 16.5. The lowest BCUT2D eigenvalue weighted by Gasteiger charge is -2.22. The van der Waals surface area contributed by atoms with Crippen LogP contribution in [0, 0.1) is 11.3 Å². The summed E-state index contributed by atoms with van der Waals surface area (Å²) < 4.78 is 7.13. The summed E-state index contributed by atoms with van der Waals surface area (Å²) in [6, 6.07) is 16.6. The van der Waals surface area contributed by atoms with Crippen LogP contribution in [-0.4, -0.2) is 30.2 Å². The molecule has 3 aromatic rings. The molecule has 1 aliphatic rings. The predicted molar refractivity (Wildman–Crippen MR) is 114 cm³/mol. The van der Waals surface area contributed by atoms with Crippen LogP contribution in [0.4, 0.5) is 11.5 Å². The molecular formula is C23H24N4O2. The van der Waals surface area contributed by atoms with Gasteiger partial charge in [-0.25, -0.2) is 4.79 Å². The number of hydrogen-bond acceptors (Lipinski definition) is 5. The second-order valence-corrected chi connectivity index (χ2v) is 7.25. The minimum absolute atomic E-state index is 0.202. The smallest absolute Gasteiger partial charge is 0.357 e. The van der Waals surface area contributed by atoms with Crippen LogP contribution in [0.15, 0.2) is 42.5 Å². The second kappa shape index (κ2) is 7.88. The molecule has 4 rings (SSSR count). The van der Waals surface area contributed by atoms with Gasteiger partial charge >= 0.3 is 5.97 Å². The highest BCUT2D eigenvalue weighted by Crippen LogP contribution is 2.35. The van der Waals surface area contributed by atoms with Crippen LogP contribution in [0.5, 0.6) is 0 Å². The van der Waals surface area contributed by atoms with Crippen LogP contribution in [0.2, 0.25) is 0 Å². The van der Waals surface area contributed by atoms with Crippen molar-refractivity contribution in [3.8, 4) is 6.07 Å². The highest BCUT2D eigenvalue weighted by Gasteiger charge is 2.30. The van der Waals surface area contributed by atoms with Gasteiger partial charge in [0.05, 0.1) is 12.3 Å². The van der Waals surface area contributed by atoms with E-state index in [1.165, 1.54) is 0 Å². The Morgan fingerprint density at radius 3 is 2.59 bits per heavy atom. The van der Waals surface area contributed by atoms with Gasteiger partial charge in [-0.3, -0.25) is 0 Å². The third-order valence-corrected chi connectivity index (χ3v) is 5.41. The van der Waals surface area contributed by atoms with Gasteiger partial charge in [-0.1, -0.05) is 36.4 Å². The Labute approximate surface area is 170 Å². The summed E-state index contributed by atoms with van der Waals surface area (Å²) >= 11 is 0. The number of aromatic nitrogens is 1. The van der Waals surface area contributed by atoms with E-state index in [0.29, 0.717) is 12.1 Å². The number of nitrogens with zero attached hydrogens (tertiary/aromatic N) is 3. The number of carbonyl (C=O) groups is 1. The summed E-state index contributed by atoms with van der Waals surface area (Å²) in [7, 11) is 0. The number of benzene rings is 2. The van der Waals surface area contributed by atoms with Gasteiger partial charge in [0.2, 0.25) is 0 Å². The lowest BCUT2D eigenvalue weighted by Crippen LogP contribution is -2.24. The van der Waals surface area contributed by atoms with E-state index in [2.05, 4.69) is 35.2 Å². The van der Waals surface area contributed by atoms with Gasteiger partial charge in [0.15, 0.2) is 5.69 Å². The molecule has 148 valence electrons. The second-order valence-electron chi connectivity index (χ2n) is 7.25. The highest BCUT2D eigenvalue weighted by molar-refractivity contribution is 5.98. The van der Waals surface area contributed by atoms with Crippen LogP contribution >= 0.6 is 0 Å². The third kappa shape index (κ3) is 3.40. The van der Waals surface area contributed by atoms with Crippen molar-refractivity contribution in [2.45, 2.75) is 26.3 Å². The Kier molecular flexibility index (Phi) is 5.13. The Balaban J connectivity index is 1.86. The summed E-state index contributed by atoms with van der Waals surface area (Å²) in [5, 5.41) is 12.1. The normalized spacial score (nSPS) is 13.6. The van der Waals surface area contributed by atoms with Crippen LogP contribution in [0.1, 0.15) is 41.4 Å². The predicted octanol–water partition coefficient (Wildman–Crippen LogP) is 3.92. The fraction of sp³-hybridized carbons (Fsp3) is 0.304. The van der Waals surface area contributed by atoms with E-state index in [-0.39, 0.29) is 18.0 Å². The van der Waals surface area contributed by atoms with Gasteiger partial charge < -0.3 is 19.9 Å². The number of carbonyl (C=O) groups excluding carboxylic acids is 1. The van der Waals surface area contributed by atoms with E-state index in [4.69, 9.17) is 10.5 Å². The van der Waals surface area contributed by atoms with Crippen LogP contribution < -0.4 is 10.6 Å². The Morgan fingerprint density at radius 2 is 1.90 bits per heavy atom. The van der Waals surface area contributed by atoms with E-state index in [1.807, 2.05) is 22.8 Å². The maximum atomic E-state index is 12.7. The van der Waals surface area contributed by atoms with Crippen molar-refractivity contribution in [2.75, 3.05) is 30.3 Å². The molecule has 6 nitrogen and oxygen atoms in total. The van der Waals surface area contributed by atoms with Crippen molar-refractivity contribution in [3.63, 3.8) is 0 Å². The number of anilines is 2. The van der Waals surface area contributed by atoms with E-state index in [9.17, 15) is 10.1 Å². The molecule has 6 heteroatoms. The monoisotopic (exact) mass is 388 g/mol. The number of nitrogens with two attached hydrogens (primary N) is 1. The average molecular weight is 388 g/mol. The van der Waals surface area contributed by atoms with Gasteiger partial charge in [-0.15, -0.1) is 0 Å². The number of nitrogen functional groups attached to an aromatic ring is 1. The molecule has 1 saturated heterocycles. The molecule has 0 bridgehead atoms. The molecule has 0 atom stereocenters. The van der Waals surface area contributed by atoms with Crippen molar-refractivity contribution in [1.29, 1.82) is 5.26 Å². The first-order valence-electron chi connectivity index (χ1n) is 9.95. The molecular weight excluding hydrogens is 364 g/mol. The van der Waals surface area contributed by atoms with E-state index in [0.717, 1.165) is 48.1 Å². The van der Waals surface area contributed by atoms with Gasteiger partial charge in [0.25, 0.3) is 0 Å². The number of rotatable bonds is 5. The lowest BCUT2D eigenvalue weighted by molar-refractivity contribution is 0.0516. The zero-order valence-electron chi connectivity index (χ0n) is 16.5. The minimum atomic E-state index is -0.493. The molecule has 1 fully saturated rings. The molecule has 0 radical (unpaired) electrons. The first-order valence-corrected chi connectivity index (χ1v) is 9.95. The first-order chi connectivity index (χ1) is 14.1. The summed E-state index contributed by atoms with van der Waals surface area (Å²) in [6.45, 7) is 4.14. The Morgan fingerprint density at radius 1 is 1.17 bits per heavy atom. The number of esters is 1. The fourth-order valence-corrected chi connectivity index (χ4v) is 4.09. The molecule has 2 N–H and O–H groups in total. The van der Waals surface area contributed by atoms with Crippen LogP contribution in [0.25, 0.3) is 10.8 Å². The van der Waals surface area contributed by atoms with E-state index < -0.39 is 5.97 Å². The molecule has 29 heavy (non-hydrogen) atoms. The molecule has 2 heterocycles. The first kappa shape index (κ1) is 18.9. The molecule has 0 amide bonds. The largest absolute Gasteiger partial charge is 0.461 e. The molecule has 1 aliphatic heterocycles. The summed E-state index contributed by atoms with van der Waals surface area (Å²) in [5.41, 5.74) is 8.15. The molecule has 0 unspecified atom stereocenters. The Hall–Kier alpha value is -3.46. The lowest BCUT2D eigenvalue weighted by atomic mass is 10.1. The maximum absolute atomic E-state index is 12.7.